The van der Waals surface area contributed by atoms with Crippen LogP contribution in [0.5, 0.6) is 0 Å². The van der Waals surface area contributed by atoms with Gasteiger partial charge in [0.1, 0.15) is 4.90 Å². The molecular weight excluding hydrogens is 369 g/mol. The third-order valence-electron chi connectivity index (χ3n) is 4.51. The van der Waals surface area contributed by atoms with Gasteiger partial charge in [0.05, 0.1) is 12.7 Å². The highest BCUT2D eigenvalue weighted by Crippen LogP contribution is 2.32. The molecule has 0 saturated heterocycles. The van der Waals surface area contributed by atoms with E-state index in [9.17, 15) is 26.4 Å². The SMILES string of the molecule is COC(=O)/C(=C/C1CCCCCC1)c1cc(S(C)(=O)=O)c(F)c(F)c1F. The van der Waals surface area contributed by atoms with E-state index in [1.54, 1.807) is 0 Å². The Morgan fingerprint density at radius 3 is 2.15 bits per heavy atom. The summed E-state index contributed by atoms with van der Waals surface area (Å²) in [5, 5.41) is 0. The van der Waals surface area contributed by atoms with E-state index in [2.05, 4.69) is 4.74 Å². The van der Waals surface area contributed by atoms with Crippen LogP contribution in [0, 0.1) is 23.4 Å². The molecule has 0 N–H and O–H groups in total. The molecule has 26 heavy (non-hydrogen) atoms. The number of ether oxygens (including phenoxy) is 1. The fraction of sp³-hybridized carbons (Fsp3) is 0.500. The lowest BCUT2D eigenvalue weighted by Gasteiger charge is -2.14. The first-order valence-corrected chi connectivity index (χ1v) is 10.2. The molecular formula is C18H21F3O4S. The standard InChI is InChI=1S/C18H21F3O4S/c1-25-18(22)13(9-11-7-5-3-4-6-8-11)12-10-14(26(2,23)24)16(20)17(21)15(12)19/h9-11H,3-8H2,1-2H3/b13-9+. The van der Waals surface area contributed by atoms with Gasteiger partial charge in [0.25, 0.3) is 0 Å². The first-order valence-electron chi connectivity index (χ1n) is 8.35. The normalized spacial score (nSPS) is 17.0. The zero-order valence-corrected chi connectivity index (χ0v) is 15.5. The maximum absolute atomic E-state index is 14.4. The van der Waals surface area contributed by atoms with Crippen molar-refractivity contribution in [3.63, 3.8) is 0 Å². The maximum Gasteiger partial charge on any atom is 0.338 e. The Kier molecular flexibility index (Phi) is 6.49. The van der Waals surface area contributed by atoms with Crippen LogP contribution in [-0.2, 0) is 19.4 Å². The van der Waals surface area contributed by atoms with Crippen molar-refractivity contribution in [2.45, 2.75) is 43.4 Å². The zero-order chi connectivity index (χ0) is 19.5. The molecule has 1 aliphatic carbocycles. The van der Waals surface area contributed by atoms with Crippen LogP contribution in [0.15, 0.2) is 17.0 Å². The summed E-state index contributed by atoms with van der Waals surface area (Å²) in [5.74, 6) is -6.33. The van der Waals surface area contributed by atoms with Crippen molar-refractivity contribution in [2.24, 2.45) is 5.92 Å². The summed E-state index contributed by atoms with van der Waals surface area (Å²) in [6.07, 6.45) is 7.67. The lowest BCUT2D eigenvalue weighted by molar-refractivity contribution is -0.133. The predicted molar refractivity (Wildman–Crippen MR) is 90.6 cm³/mol. The molecule has 144 valence electrons. The molecule has 0 unspecified atom stereocenters. The van der Waals surface area contributed by atoms with Gasteiger partial charge in [0.15, 0.2) is 27.3 Å². The van der Waals surface area contributed by atoms with Gasteiger partial charge in [-0.25, -0.2) is 26.4 Å². The summed E-state index contributed by atoms with van der Waals surface area (Å²) < 4.78 is 70.2. The van der Waals surface area contributed by atoms with E-state index in [0.29, 0.717) is 12.3 Å². The van der Waals surface area contributed by atoms with Gasteiger partial charge >= 0.3 is 5.97 Å². The molecule has 0 aromatic heterocycles. The van der Waals surface area contributed by atoms with Crippen LogP contribution in [-0.4, -0.2) is 27.8 Å². The number of hydrogen-bond donors (Lipinski definition) is 0. The lowest BCUT2D eigenvalue weighted by atomic mass is 9.94. The first kappa shape index (κ1) is 20.5. The van der Waals surface area contributed by atoms with E-state index in [4.69, 9.17) is 0 Å². The molecule has 1 aromatic rings. The lowest BCUT2D eigenvalue weighted by Crippen LogP contribution is -2.13. The number of allylic oxidation sites excluding steroid dienone is 1. The van der Waals surface area contributed by atoms with Crippen LogP contribution in [0.3, 0.4) is 0 Å². The largest absolute Gasteiger partial charge is 0.465 e. The molecule has 4 nitrogen and oxygen atoms in total. The number of sulfone groups is 1. The van der Waals surface area contributed by atoms with E-state index < -0.39 is 43.7 Å². The van der Waals surface area contributed by atoms with Crippen molar-refractivity contribution in [1.29, 1.82) is 0 Å². The monoisotopic (exact) mass is 390 g/mol. The Bertz CT molecular complexity index is 823. The first-order chi connectivity index (χ1) is 12.2. The highest BCUT2D eigenvalue weighted by atomic mass is 32.2. The number of methoxy groups -OCH3 is 1. The molecule has 8 heteroatoms. The van der Waals surface area contributed by atoms with Crippen LogP contribution >= 0.6 is 0 Å². The molecule has 1 aromatic carbocycles. The number of esters is 1. The molecule has 0 heterocycles. The summed E-state index contributed by atoms with van der Waals surface area (Å²) in [5.41, 5.74) is -0.902. The second kappa shape index (κ2) is 8.24. The van der Waals surface area contributed by atoms with Gasteiger partial charge in [-0.15, -0.1) is 0 Å². The quantitative estimate of drug-likeness (QED) is 0.256. The van der Waals surface area contributed by atoms with E-state index in [0.717, 1.165) is 45.6 Å². The van der Waals surface area contributed by atoms with Gasteiger partial charge in [0.2, 0.25) is 0 Å². The highest BCUT2D eigenvalue weighted by molar-refractivity contribution is 7.90. The van der Waals surface area contributed by atoms with Crippen LogP contribution in [0.4, 0.5) is 13.2 Å². The third kappa shape index (κ3) is 4.47. The van der Waals surface area contributed by atoms with E-state index in [1.165, 1.54) is 6.08 Å². The summed E-state index contributed by atoms with van der Waals surface area (Å²) in [4.78, 5) is 11.2. The van der Waals surface area contributed by atoms with Gasteiger partial charge in [-0.3, -0.25) is 0 Å². The third-order valence-corrected chi connectivity index (χ3v) is 5.61. The molecule has 2 rings (SSSR count). The van der Waals surface area contributed by atoms with Crippen LogP contribution in [0.2, 0.25) is 0 Å². The number of carbonyl (C=O) groups is 1. The highest BCUT2D eigenvalue weighted by Gasteiger charge is 2.28. The molecule has 0 radical (unpaired) electrons. The molecule has 0 bridgehead atoms. The Morgan fingerprint density at radius 1 is 1.08 bits per heavy atom. The van der Waals surface area contributed by atoms with E-state index in [-0.39, 0.29) is 11.5 Å². The summed E-state index contributed by atoms with van der Waals surface area (Å²) in [7, 11) is -3.08. The predicted octanol–water partition coefficient (Wildman–Crippen LogP) is 4.03. The van der Waals surface area contributed by atoms with Crippen molar-refractivity contribution < 1.29 is 31.1 Å². The van der Waals surface area contributed by atoms with Gasteiger partial charge < -0.3 is 4.74 Å². The number of halogens is 3. The van der Waals surface area contributed by atoms with Gasteiger partial charge in [0, 0.05) is 11.8 Å². The topological polar surface area (TPSA) is 60.4 Å². The van der Waals surface area contributed by atoms with Gasteiger partial charge in [-0.2, -0.15) is 0 Å². The van der Waals surface area contributed by atoms with E-state index in [1.807, 2.05) is 0 Å². The van der Waals surface area contributed by atoms with Crippen molar-refractivity contribution in [1.82, 2.24) is 0 Å². The molecule has 0 atom stereocenters. The minimum Gasteiger partial charge on any atom is -0.465 e. The van der Waals surface area contributed by atoms with Crippen LogP contribution < -0.4 is 0 Å². The molecule has 0 spiro atoms. The minimum absolute atomic E-state index is 0.0548. The van der Waals surface area contributed by atoms with Gasteiger partial charge in [-0.1, -0.05) is 31.8 Å². The Hall–Kier alpha value is -1.83. The zero-order valence-electron chi connectivity index (χ0n) is 14.6. The van der Waals surface area contributed by atoms with Gasteiger partial charge in [-0.05, 0) is 24.8 Å². The maximum atomic E-state index is 14.4. The summed E-state index contributed by atoms with van der Waals surface area (Å²) in [6.45, 7) is 0. The number of rotatable bonds is 4. The van der Waals surface area contributed by atoms with Crippen LogP contribution in [0.1, 0.15) is 44.1 Å². The van der Waals surface area contributed by atoms with Crippen molar-refractivity contribution in [3.8, 4) is 0 Å². The smallest absolute Gasteiger partial charge is 0.338 e. The Labute approximate surface area is 151 Å². The van der Waals surface area contributed by atoms with Crippen molar-refractivity contribution >= 4 is 21.4 Å². The summed E-state index contributed by atoms with van der Waals surface area (Å²) >= 11 is 0. The molecule has 1 saturated carbocycles. The average Bonchev–Trinajstić information content (AvgIpc) is 2.85. The fourth-order valence-corrected chi connectivity index (χ4v) is 3.88. The number of carbonyl (C=O) groups excluding carboxylic acids is 1. The second-order valence-electron chi connectivity index (χ2n) is 6.46. The number of hydrogen-bond acceptors (Lipinski definition) is 4. The molecule has 1 fully saturated rings. The average molecular weight is 390 g/mol. The fourth-order valence-electron chi connectivity index (χ4n) is 3.14. The molecule has 0 amide bonds. The van der Waals surface area contributed by atoms with E-state index >= 15 is 0 Å². The second-order valence-corrected chi connectivity index (χ2v) is 8.44. The number of benzene rings is 1. The molecule has 0 aliphatic heterocycles. The minimum atomic E-state index is -4.16. The Morgan fingerprint density at radius 2 is 1.65 bits per heavy atom. The van der Waals surface area contributed by atoms with Crippen LogP contribution in [0.25, 0.3) is 5.57 Å². The summed E-state index contributed by atoms with van der Waals surface area (Å²) in [6, 6.07) is 0.655. The van der Waals surface area contributed by atoms with Crippen molar-refractivity contribution in [3.05, 3.63) is 35.2 Å². The Balaban J connectivity index is 2.65. The van der Waals surface area contributed by atoms with Crippen molar-refractivity contribution in [2.75, 3.05) is 13.4 Å². The molecule has 1 aliphatic rings.